The van der Waals surface area contributed by atoms with Gasteiger partial charge in [0.25, 0.3) is 0 Å². The van der Waals surface area contributed by atoms with Crippen LogP contribution in [0, 0.1) is 5.92 Å². The Hall–Kier alpha value is -1.09. The third-order valence-electron chi connectivity index (χ3n) is 3.05. The smallest absolute Gasteiger partial charge is 0.213 e. The molecule has 1 aliphatic rings. The maximum atomic E-state index is 5.87. The number of aromatic nitrogens is 1. The molecule has 1 heterocycles. The molecule has 2 unspecified atom stereocenters. The SMILES string of the molecule is NCC1CCCCC1Oc1ccccn1. The van der Waals surface area contributed by atoms with E-state index in [1.165, 1.54) is 19.3 Å². The van der Waals surface area contributed by atoms with Crippen molar-refractivity contribution in [3.05, 3.63) is 24.4 Å². The number of hydrogen-bond acceptors (Lipinski definition) is 3. The molecule has 2 rings (SSSR count). The molecule has 2 atom stereocenters. The Labute approximate surface area is 90.7 Å². The molecule has 1 saturated carbocycles. The zero-order valence-corrected chi connectivity index (χ0v) is 8.93. The lowest BCUT2D eigenvalue weighted by atomic mass is 9.86. The largest absolute Gasteiger partial charge is 0.474 e. The van der Waals surface area contributed by atoms with Crippen LogP contribution in [0.25, 0.3) is 0 Å². The molecule has 0 spiro atoms. The summed E-state index contributed by atoms with van der Waals surface area (Å²) in [6, 6.07) is 5.75. The Morgan fingerprint density at radius 3 is 2.93 bits per heavy atom. The van der Waals surface area contributed by atoms with Crippen LogP contribution in [0.3, 0.4) is 0 Å². The maximum Gasteiger partial charge on any atom is 0.213 e. The molecule has 1 aromatic heterocycles. The lowest BCUT2D eigenvalue weighted by Crippen LogP contribution is -2.35. The molecule has 15 heavy (non-hydrogen) atoms. The second-order valence-corrected chi connectivity index (χ2v) is 4.10. The fraction of sp³-hybridized carbons (Fsp3) is 0.583. The van der Waals surface area contributed by atoms with Gasteiger partial charge in [-0.15, -0.1) is 0 Å². The Morgan fingerprint density at radius 2 is 2.20 bits per heavy atom. The minimum Gasteiger partial charge on any atom is -0.474 e. The molecular weight excluding hydrogens is 188 g/mol. The van der Waals surface area contributed by atoms with Gasteiger partial charge in [0, 0.05) is 18.2 Å². The molecule has 3 heteroatoms. The summed E-state index contributed by atoms with van der Waals surface area (Å²) in [6.07, 6.45) is 6.85. The highest BCUT2D eigenvalue weighted by molar-refractivity contribution is 5.10. The number of nitrogens with zero attached hydrogens (tertiary/aromatic N) is 1. The maximum absolute atomic E-state index is 5.87. The Kier molecular flexibility index (Phi) is 3.56. The van der Waals surface area contributed by atoms with Crippen LogP contribution in [0.5, 0.6) is 5.88 Å². The van der Waals surface area contributed by atoms with E-state index >= 15 is 0 Å². The normalized spacial score (nSPS) is 26.2. The molecule has 1 aliphatic carbocycles. The Morgan fingerprint density at radius 1 is 1.33 bits per heavy atom. The summed E-state index contributed by atoms with van der Waals surface area (Å²) in [5.74, 6) is 1.23. The summed E-state index contributed by atoms with van der Waals surface area (Å²) in [4.78, 5) is 4.18. The van der Waals surface area contributed by atoms with Crippen LogP contribution in [0.15, 0.2) is 24.4 Å². The minimum absolute atomic E-state index is 0.263. The van der Waals surface area contributed by atoms with E-state index in [1.807, 2.05) is 18.2 Å². The van der Waals surface area contributed by atoms with Crippen molar-refractivity contribution in [2.75, 3.05) is 6.54 Å². The first-order valence-electron chi connectivity index (χ1n) is 5.68. The van der Waals surface area contributed by atoms with Crippen LogP contribution < -0.4 is 10.5 Å². The van der Waals surface area contributed by atoms with Crippen LogP contribution >= 0.6 is 0 Å². The predicted octanol–water partition coefficient (Wildman–Crippen LogP) is 1.98. The van der Waals surface area contributed by atoms with Crippen molar-refractivity contribution in [2.45, 2.75) is 31.8 Å². The van der Waals surface area contributed by atoms with Crippen molar-refractivity contribution >= 4 is 0 Å². The summed E-state index contributed by atoms with van der Waals surface area (Å²) in [6.45, 7) is 0.720. The van der Waals surface area contributed by atoms with E-state index in [4.69, 9.17) is 10.5 Å². The molecule has 82 valence electrons. The topological polar surface area (TPSA) is 48.1 Å². The minimum atomic E-state index is 0.263. The van der Waals surface area contributed by atoms with Crippen LogP contribution in [-0.4, -0.2) is 17.6 Å². The molecule has 1 fully saturated rings. The van der Waals surface area contributed by atoms with Gasteiger partial charge in [0.2, 0.25) is 5.88 Å². The number of pyridine rings is 1. The number of rotatable bonds is 3. The third-order valence-corrected chi connectivity index (χ3v) is 3.05. The van der Waals surface area contributed by atoms with E-state index in [0.29, 0.717) is 5.92 Å². The lowest BCUT2D eigenvalue weighted by molar-refractivity contribution is 0.0923. The molecule has 2 N–H and O–H groups in total. The van der Waals surface area contributed by atoms with Gasteiger partial charge in [-0.3, -0.25) is 0 Å². The first kappa shape index (κ1) is 10.4. The lowest BCUT2D eigenvalue weighted by Gasteiger charge is -2.30. The Bertz CT molecular complexity index is 289. The highest BCUT2D eigenvalue weighted by Crippen LogP contribution is 2.26. The van der Waals surface area contributed by atoms with E-state index in [1.54, 1.807) is 6.20 Å². The molecule has 0 aromatic carbocycles. The quantitative estimate of drug-likeness (QED) is 0.822. The Balaban J connectivity index is 1.97. The van der Waals surface area contributed by atoms with Gasteiger partial charge >= 0.3 is 0 Å². The van der Waals surface area contributed by atoms with Crippen LogP contribution in [0.4, 0.5) is 0 Å². The van der Waals surface area contributed by atoms with Gasteiger partial charge in [-0.2, -0.15) is 0 Å². The molecular formula is C12H18N2O. The molecule has 1 aromatic rings. The highest BCUT2D eigenvalue weighted by atomic mass is 16.5. The van der Waals surface area contributed by atoms with Crippen molar-refractivity contribution in [2.24, 2.45) is 11.7 Å². The third kappa shape index (κ3) is 2.69. The van der Waals surface area contributed by atoms with Crippen molar-refractivity contribution in [3.8, 4) is 5.88 Å². The van der Waals surface area contributed by atoms with Crippen LogP contribution in [0.1, 0.15) is 25.7 Å². The van der Waals surface area contributed by atoms with Gasteiger partial charge in [-0.1, -0.05) is 12.5 Å². The molecule has 0 saturated heterocycles. The van der Waals surface area contributed by atoms with Gasteiger partial charge < -0.3 is 10.5 Å². The molecule has 3 nitrogen and oxygen atoms in total. The highest BCUT2D eigenvalue weighted by Gasteiger charge is 2.25. The molecule has 0 amide bonds. The summed E-state index contributed by atoms with van der Waals surface area (Å²) >= 11 is 0. The number of nitrogens with two attached hydrogens (primary N) is 1. The molecule has 0 bridgehead atoms. The van der Waals surface area contributed by atoms with Gasteiger partial charge in [0.05, 0.1) is 0 Å². The van der Waals surface area contributed by atoms with E-state index in [0.717, 1.165) is 18.8 Å². The zero-order chi connectivity index (χ0) is 10.5. The summed E-state index contributed by atoms with van der Waals surface area (Å²) in [7, 11) is 0. The summed E-state index contributed by atoms with van der Waals surface area (Å²) in [5.41, 5.74) is 5.75. The van der Waals surface area contributed by atoms with Gasteiger partial charge in [-0.05, 0) is 31.9 Å². The first-order chi connectivity index (χ1) is 7.40. The summed E-state index contributed by atoms with van der Waals surface area (Å²) in [5, 5.41) is 0. The van der Waals surface area contributed by atoms with E-state index < -0.39 is 0 Å². The van der Waals surface area contributed by atoms with Crippen molar-refractivity contribution < 1.29 is 4.74 Å². The van der Waals surface area contributed by atoms with Crippen molar-refractivity contribution in [1.29, 1.82) is 0 Å². The number of hydrogen-bond donors (Lipinski definition) is 1. The van der Waals surface area contributed by atoms with E-state index in [9.17, 15) is 0 Å². The second kappa shape index (κ2) is 5.12. The monoisotopic (exact) mass is 206 g/mol. The summed E-state index contributed by atoms with van der Waals surface area (Å²) < 4.78 is 5.87. The van der Waals surface area contributed by atoms with E-state index in [-0.39, 0.29) is 6.10 Å². The molecule has 0 radical (unpaired) electrons. The van der Waals surface area contributed by atoms with Crippen molar-refractivity contribution in [1.82, 2.24) is 4.98 Å². The van der Waals surface area contributed by atoms with Gasteiger partial charge in [-0.25, -0.2) is 4.98 Å². The fourth-order valence-corrected chi connectivity index (χ4v) is 2.17. The standard InChI is InChI=1S/C12H18N2O/c13-9-10-5-1-2-6-11(10)15-12-7-3-4-8-14-12/h3-4,7-8,10-11H,1-2,5-6,9,13H2. The van der Waals surface area contributed by atoms with Crippen LogP contribution in [-0.2, 0) is 0 Å². The van der Waals surface area contributed by atoms with Crippen molar-refractivity contribution in [3.63, 3.8) is 0 Å². The van der Waals surface area contributed by atoms with Gasteiger partial charge in [0.1, 0.15) is 6.10 Å². The predicted molar refractivity (Wildman–Crippen MR) is 59.7 cm³/mol. The first-order valence-corrected chi connectivity index (χ1v) is 5.68. The average Bonchev–Trinajstić information content (AvgIpc) is 2.31. The average molecular weight is 206 g/mol. The van der Waals surface area contributed by atoms with E-state index in [2.05, 4.69) is 4.98 Å². The van der Waals surface area contributed by atoms with Gasteiger partial charge in [0.15, 0.2) is 0 Å². The number of ether oxygens (including phenoxy) is 1. The van der Waals surface area contributed by atoms with Crippen LogP contribution in [0.2, 0.25) is 0 Å². The zero-order valence-electron chi connectivity index (χ0n) is 8.93. The fourth-order valence-electron chi connectivity index (χ4n) is 2.17. The second-order valence-electron chi connectivity index (χ2n) is 4.10. The molecule has 0 aliphatic heterocycles.